The molecule has 1 aliphatic heterocycles. The van der Waals surface area contributed by atoms with Crippen LogP contribution in [0.3, 0.4) is 0 Å². The quantitative estimate of drug-likeness (QED) is 0.699. The number of rotatable bonds is 3. The molecule has 0 aliphatic carbocycles. The highest BCUT2D eigenvalue weighted by molar-refractivity contribution is 7.08. The van der Waals surface area contributed by atoms with Crippen molar-refractivity contribution >= 4 is 17.2 Å². The second kappa shape index (κ2) is 6.60. The summed E-state index contributed by atoms with van der Waals surface area (Å²) in [6.07, 6.45) is 3.75. The van der Waals surface area contributed by atoms with E-state index in [1.807, 2.05) is 16.8 Å². The second-order valence-corrected chi connectivity index (χ2v) is 6.62. The molecule has 0 atom stereocenters. The van der Waals surface area contributed by atoms with Gasteiger partial charge in [-0.15, -0.1) is 0 Å². The molecule has 8 nitrogen and oxygen atoms in total. The molecule has 0 spiro atoms. The van der Waals surface area contributed by atoms with Crippen molar-refractivity contribution in [3.8, 4) is 0 Å². The fourth-order valence-electron chi connectivity index (χ4n) is 2.94. The molecule has 0 bridgehead atoms. The van der Waals surface area contributed by atoms with E-state index in [1.54, 1.807) is 20.5 Å². The molecule has 25 heavy (non-hydrogen) atoms. The van der Waals surface area contributed by atoms with Gasteiger partial charge in [0.05, 0.1) is 24.3 Å². The van der Waals surface area contributed by atoms with Gasteiger partial charge in [-0.05, 0) is 17.9 Å². The zero-order valence-electron chi connectivity index (χ0n) is 13.4. The smallest absolute Gasteiger partial charge is 0.255 e. The summed E-state index contributed by atoms with van der Waals surface area (Å²) in [5.74, 6) is 0.592. The predicted octanol–water partition coefficient (Wildman–Crippen LogP) is 0.991. The van der Waals surface area contributed by atoms with Crippen LogP contribution in [0.4, 0.5) is 0 Å². The van der Waals surface area contributed by atoms with Crippen LogP contribution in [0.25, 0.3) is 0 Å². The van der Waals surface area contributed by atoms with Crippen LogP contribution < -0.4 is 5.56 Å². The molecule has 128 valence electrons. The normalized spacial score (nSPS) is 14.2. The van der Waals surface area contributed by atoms with Gasteiger partial charge in [-0.3, -0.25) is 14.2 Å². The molecule has 1 amide bonds. The van der Waals surface area contributed by atoms with Crippen LogP contribution >= 0.6 is 11.3 Å². The van der Waals surface area contributed by atoms with Crippen LogP contribution in [0, 0.1) is 0 Å². The molecule has 0 N–H and O–H groups in total. The van der Waals surface area contributed by atoms with Gasteiger partial charge in [0, 0.05) is 24.5 Å². The van der Waals surface area contributed by atoms with Gasteiger partial charge in [-0.25, -0.2) is 14.6 Å². The van der Waals surface area contributed by atoms with E-state index in [4.69, 9.17) is 0 Å². The fraction of sp³-hybridized carbons (Fsp3) is 0.312. The van der Waals surface area contributed by atoms with E-state index in [2.05, 4.69) is 15.1 Å². The van der Waals surface area contributed by atoms with Crippen molar-refractivity contribution in [1.29, 1.82) is 0 Å². The average molecular weight is 356 g/mol. The highest BCUT2D eigenvalue weighted by atomic mass is 32.1. The maximum Gasteiger partial charge on any atom is 0.255 e. The number of amides is 1. The van der Waals surface area contributed by atoms with Crippen LogP contribution in [0.1, 0.15) is 28.3 Å². The van der Waals surface area contributed by atoms with Gasteiger partial charge in [0.15, 0.2) is 0 Å². The Kier molecular flexibility index (Phi) is 4.14. The summed E-state index contributed by atoms with van der Waals surface area (Å²) in [5, 5.41) is 7.77. The summed E-state index contributed by atoms with van der Waals surface area (Å²) >= 11 is 1.50. The molecule has 4 heterocycles. The minimum atomic E-state index is -0.0926. The van der Waals surface area contributed by atoms with Crippen molar-refractivity contribution in [2.45, 2.75) is 26.1 Å². The Morgan fingerprint density at radius 1 is 1.32 bits per heavy atom. The lowest BCUT2D eigenvalue weighted by atomic mass is 10.2. The third kappa shape index (κ3) is 3.22. The van der Waals surface area contributed by atoms with Gasteiger partial charge in [0.1, 0.15) is 18.5 Å². The zero-order valence-corrected chi connectivity index (χ0v) is 14.2. The SMILES string of the molecule is O=C(c1ccsc1)N1CCCn2c(nc(Cn3cncn3)cc2=O)C1. The Bertz CT molecular complexity index is 932. The first kappa shape index (κ1) is 15.7. The standard InChI is InChI=1S/C16H16N6O2S/c23-15-6-13(7-21-11-17-10-18-21)19-14-8-20(3-1-4-22(14)15)16(24)12-2-5-25-9-12/h2,5-6,9-11H,1,3-4,7-8H2. The van der Waals surface area contributed by atoms with E-state index < -0.39 is 0 Å². The van der Waals surface area contributed by atoms with E-state index in [0.29, 0.717) is 43.3 Å². The molecule has 3 aromatic heterocycles. The maximum atomic E-state index is 12.6. The van der Waals surface area contributed by atoms with Gasteiger partial charge in [-0.1, -0.05) is 0 Å². The Balaban J connectivity index is 1.64. The lowest BCUT2D eigenvalue weighted by molar-refractivity contribution is 0.0744. The van der Waals surface area contributed by atoms with Crippen LogP contribution in [-0.2, 0) is 19.6 Å². The molecule has 0 radical (unpaired) electrons. The van der Waals surface area contributed by atoms with Crippen LogP contribution in [0.2, 0.25) is 0 Å². The summed E-state index contributed by atoms with van der Waals surface area (Å²) in [6, 6.07) is 3.35. The number of carbonyl (C=O) groups excluding carboxylic acids is 1. The van der Waals surface area contributed by atoms with Gasteiger partial charge in [0.25, 0.3) is 11.5 Å². The van der Waals surface area contributed by atoms with Crippen LogP contribution in [-0.4, -0.2) is 41.7 Å². The first-order valence-corrected chi connectivity index (χ1v) is 8.88. The number of nitrogens with zero attached hydrogens (tertiary/aromatic N) is 6. The number of thiophene rings is 1. The van der Waals surface area contributed by atoms with Crippen molar-refractivity contribution in [1.82, 2.24) is 29.2 Å². The maximum absolute atomic E-state index is 12.6. The number of hydrogen-bond acceptors (Lipinski definition) is 6. The summed E-state index contributed by atoms with van der Waals surface area (Å²) in [7, 11) is 0. The van der Waals surface area contributed by atoms with Crippen molar-refractivity contribution in [3.63, 3.8) is 0 Å². The monoisotopic (exact) mass is 356 g/mol. The first-order chi connectivity index (χ1) is 12.2. The molecule has 0 unspecified atom stereocenters. The van der Waals surface area contributed by atoms with E-state index in [-0.39, 0.29) is 11.5 Å². The minimum Gasteiger partial charge on any atom is -0.331 e. The third-order valence-electron chi connectivity index (χ3n) is 4.13. The van der Waals surface area contributed by atoms with E-state index in [1.165, 1.54) is 23.7 Å². The minimum absolute atomic E-state index is 0.0226. The first-order valence-electron chi connectivity index (χ1n) is 7.94. The summed E-state index contributed by atoms with van der Waals surface area (Å²) in [4.78, 5) is 35.3. The van der Waals surface area contributed by atoms with Crippen molar-refractivity contribution in [2.75, 3.05) is 6.54 Å². The Morgan fingerprint density at radius 2 is 2.24 bits per heavy atom. The van der Waals surface area contributed by atoms with E-state index in [9.17, 15) is 9.59 Å². The van der Waals surface area contributed by atoms with Gasteiger partial charge >= 0.3 is 0 Å². The highest BCUT2D eigenvalue weighted by Gasteiger charge is 2.22. The zero-order chi connectivity index (χ0) is 17.2. The fourth-order valence-corrected chi connectivity index (χ4v) is 3.57. The van der Waals surface area contributed by atoms with Crippen molar-refractivity contribution in [3.05, 3.63) is 63.0 Å². The topological polar surface area (TPSA) is 85.9 Å². The molecular weight excluding hydrogens is 340 g/mol. The third-order valence-corrected chi connectivity index (χ3v) is 4.81. The van der Waals surface area contributed by atoms with Crippen molar-refractivity contribution in [2.24, 2.45) is 0 Å². The predicted molar refractivity (Wildman–Crippen MR) is 91.3 cm³/mol. The summed E-state index contributed by atoms with van der Waals surface area (Å²) < 4.78 is 3.27. The second-order valence-electron chi connectivity index (χ2n) is 5.84. The summed E-state index contributed by atoms with van der Waals surface area (Å²) in [6.45, 7) is 1.88. The number of fused-ring (bicyclic) bond motifs is 1. The van der Waals surface area contributed by atoms with Gasteiger partial charge in [0.2, 0.25) is 0 Å². The molecule has 0 saturated heterocycles. The molecular formula is C16H16N6O2S. The average Bonchev–Trinajstić information content (AvgIpc) is 3.25. The molecule has 0 aromatic carbocycles. The number of aromatic nitrogens is 5. The Labute approximate surface area is 147 Å². The van der Waals surface area contributed by atoms with E-state index in [0.717, 1.165) is 6.42 Å². The number of hydrogen-bond donors (Lipinski definition) is 0. The van der Waals surface area contributed by atoms with Gasteiger partial charge in [-0.2, -0.15) is 16.4 Å². The lowest BCUT2D eigenvalue weighted by Gasteiger charge is -2.19. The van der Waals surface area contributed by atoms with E-state index >= 15 is 0 Å². The highest BCUT2D eigenvalue weighted by Crippen LogP contribution is 2.15. The molecule has 4 rings (SSSR count). The Hall–Kier alpha value is -2.81. The largest absolute Gasteiger partial charge is 0.331 e. The lowest BCUT2D eigenvalue weighted by Crippen LogP contribution is -2.32. The Morgan fingerprint density at radius 3 is 3.00 bits per heavy atom. The molecule has 0 saturated carbocycles. The van der Waals surface area contributed by atoms with Crippen molar-refractivity contribution < 1.29 is 4.79 Å². The van der Waals surface area contributed by atoms with Gasteiger partial charge < -0.3 is 4.90 Å². The van der Waals surface area contributed by atoms with Crippen LogP contribution in [0.5, 0.6) is 0 Å². The molecule has 9 heteroatoms. The molecule has 1 aliphatic rings. The number of carbonyl (C=O) groups is 1. The molecule has 3 aromatic rings. The molecule has 0 fully saturated rings. The summed E-state index contributed by atoms with van der Waals surface area (Å²) in [5.41, 5.74) is 1.20. The van der Waals surface area contributed by atoms with Crippen LogP contribution in [0.15, 0.2) is 40.3 Å².